The van der Waals surface area contributed by atoms with E-state index in [1.165, 1.54) is 23.3 Å². The van der Waals surface area contributed by atoms with E-state index in [-0.39, 0.29) is 11.8 Å². The Kier molecular flexibility index (Phi) is 5.53. The van der Waals surface area contributed by atoms with Crippen LogP contribution in [0.15, 0.2) is 0 Å². The van der Waals surface area contributed by atoms with E-state index in [1.807, 2.05) is 0 Å². The van der Waals surface area contributed by atoms with E-state index in [0.29, 0.717) is 11.3 Å². The fourth-order valence-electron chi connectivity index (χ4n) is 4.33. The van der Waals surface area contributed by atoms with Crippen LogP contribution in [-0.4, -0.2) is 5.91 Å². The fraction of sp³-hybridized carbons (Fsp3) is 0.714. The lowest BCUT2D eigenvalue weighted by atomic mass is 9.69. The third kappa shape index (κ3) is 3.77. The first-order valence-electron chi connectivity index (χ1n) is 9.81. The average molecular weight is 359 g/mol. The third-order valence-corrected chi connectivity index (χ3v) is 7.78. The van der Waals surface area contributed by atoms with Crippen LogP contribution < -0.4 is 5.32 Å². The first-order valence-corrected chi connectivity index (χ1v) is 10.6. The van der Waals surface area contributed by atoms with E-state index >= 15 is 0 Å². The van der Waals surface area contributed by atoms with Gasteiger partial charge in [0.1, 0.15) is 11.1 Å². The van der Waals surface area contributed by atoms with Gasteiger partial charge in [-0.05, 0) is 49.0 Å². The van der Waals surface area contributed by atoms with Crippen LogP contribution in [-0.2, 0) is 17.6 Å². The minimum absolute atomic E-state index is 0.125. The summed E-state index contributed by atoms with van der Waals surface area (Å²) in [6, 6.07) is 2.38. The second kappa shape index (κ2) is 7.50. The number of nitrogens with zero attached hydrogens (tertiary/aromatic N) is 1. The summed E-state index contributed by atoms with van der Waals surface area (Å²) >= 11 is 1.65. The highest BCUT2D eigenvalue weighted by atomic mass is 32.1. The first kappa shape index (κ1) is 18.5. The average Bonchev–Trinajstić information content (AvgIpc) is 2.98. The molecule has 3 rings (SSSR count). The minimum atomic E-state index is 0.125. The molecule has 136 valence electrons. The third-order valence-electron chi connectivity index (χ3n) is 6.61. The maximum Gasteiger partial charge on any atom is 0.228 e. The summed E-state index contributed by atoms with van der Waals surface area (Å²) in [5, 5.41) is 13.6. The standard InChI is InChI=1S/C21H30N2OS/c1-4-21(2,3)15-10-11-16-17(13-22)20(25-18(16)12-15)23-19(24)14-8-6-5-7-9-14/h14-15H,4-12H2,1-3H3,(H,23,24)/t15-/m0/s1. The van der Waals surface area contributed by atoms with E-state index in [4.69, 9.17) is 0 Å². The maximum absolute atomic E-state index is 12.6. The molecule has 1 atom stereocenters. The van der Waals surface area contributed by atoms with Crippen LogP contribution in [0, 0.1) is 28.6 Å². The smallest absolute Gasteiger partial charge is 0.228 e. The molecular formula is C21H30N2OS. The Balaban J connectivity index is 1.78. The summed E-state index contributed by atoms with van der Waals surface area (Å²) in [7, 11) is 0. The number of thiophene rings is 1. The summed E-state index contributed by atoms with van der Waals surface area (Å²) in [4.78, 5) is 13.9. The van der Waals surface area contributed by atoms with Gasteiger partial charge in [0, 0.05) is 10.8 Å². The molecule has 0 saturated heterocycles. The Hall–Kier alpha value is -1.34. The van der Waals surface area contributed by atoms with Crippen LogP contribution in [0.4, 0.5) is 5.00 Å². The summed E-state index contributed by atoms with van der Waals surface area (Å²) in [6.07, 6.45) is 9.88. The summed E-state index contributed by atoms with van der Waals surface area (Å²) < 4.78 is 0. The normalized spacial score (nSPS) is 21.4. The van der Waals surface area contributed by atoms with Gasteiger partial charge in [0.15, 0.2) is 0 Å². The largest absolute Gasteiger partial charge is 0.316 e. The lowest BCUT2D eigenvalue weighted by Gasteiger charge is -2.36. The molecule has 4 heteroatoms. The van der Waals surface area contributed by atoms with Crippen LogP contribution >= 0.6 is 11.3 Å². The zero-order chi connectivity index (χ0) is 18.0. The molecule has 1 fully saturated rings. The van der Waals surface area contributed by atoms with Gasteiger partial charge in [-0.15, -0.1) is 11.3 Å². The number of amides is 1. The van der Waals surface area contributed by atoms with Gasteiger partial charge in [-0.25, -0.2) is 0 Å². The lowest BCUT2D eigenvalue weighted by Crippen LogP contribution is -2.28. The maximum atomic E-state index is 12.6. The monoisotopic (exact) mass is 358 g/mol. The zero-order valence-electron chi connectivity index (χ0n) is 15.8. The quantitative estimate of drug-likeness (QED) is 0.753. The number of nitriles is 1. The van der Waals surface area contributed by atoms with E-state index < -0.39 is 0 Å². The zero-order valence-corrected chi connectivity index (χ0v) is 16.6. The first-order chi connectivity index (χ1) is 12.0. The molecule has 0 aromatic carbocycles. The van der Waals surface area contributed by atoms with Crippen molar-refractivity contribution < 1.29 is 4.79 Å². The molecular weight excluding hydrogens is 328 g/mol. The van der Waals surface area contributed by atoms with Crippen molar-refractivity contribution in [2.45, 2.75) is 78.6 Å². The predicted molar refractivity (Wildman–Crippen MR) is 104 cm³/mol. The Morgan fingerprint density at radius 3 is 2.64 bits per heavy atom. The Bertz CT molecular complexity index is 677. The van der Waals surface area contributed by atoms with Crippen molar-refractivity contribution in [3.8, 4) is 6.07 Å². The van der Waals surface area contributed by atoms with Crippen molar-refractivity contribution in [3.63, 3.8) is 0 Å². The van der Waals surface area contributed by atoms with E-state index in [1.54, 1.807) is 11.3 Å². The van der Waals surface area contributed by atoms with E-state index in [0.717, 1.165) is 55.5 Å². The molecule has 1 aromatic heterocycles. The van der Waals surface area contributed by atoms with Crippen LogP contribution in [0.3, 0.4) is 0 Å². The molecule has 3 nitrogen and oxygen atoms in total. The minimum Gasteiger partial charge on any atom is -0.316 e. The van der Waals surface area contributed by atoms with Crippen LogP contribution in [0.2, 0.25) is 0 Å². The summed E-state index contributed by atoms with van der Waals surface area (Å²) in [5.41, 5.74) is 2.27. The highest BCUT2D eigenvalue weighted by molar-refractivity contribution is 7.16. The van der Waals surface area contributed by atoms with Crippen molar-refractivity contribution in [2.24, 2.45) is 17.3 Å². The molecule has 0 bridgehead atoms. The van der Waals surface area contributed by atoms with E-state index in [9.17, 15) is 10.1 Å². The molecule has 1 heterocycles. The molecule has 1 amide bonds. The number of hydrogen-bond donors (Lipinski definition) is 1. The number of nitrogens with one attached hydrogen (secondary N) is 1. The van der Waals surface area contributed by atoms with E-state index in [2.05, 4.69) is 32.2 Å². The number of carbonyl (C=O) groups excluding carboxylic acids is 1. The number of hydrogen-bond acceptors (Lipinski definition) is 3. The van der Waals surface area contributed by atoms with Gasteiger partial charge in [0.05, 0.1) is 5.56 Å². The molecule has 25 heavy (non-hydrogen) atoms. The van der Waals surface area contributed by atoms with Gasteiger partial charge < -0.3 is 5.32 Å². The molecule has 0 radical (unpaired) electrons. The second-order valence-electron chi connectivity index (χ2n) is 8.43. The lowest BCUT2D eigenvalue weighted by molar-refractivity contribution is -0.120. The highest BCUT2D eigenvalue weighted by Gasteiger charge is 2.34. The molecule has 1 aromatic rings. The van der Waals surface area contributed by atoms with Gasteiger partial charge in [0.2, 0.25) is 5.91 Å². The van der Waals surface area contributed by atoms with Gasteiger partial charge in [0.25, 0.3) is 0 Å². The number of anilines is 1. The Morgan fingerprint density at radius 1 is 1.28 bits per heavy atom. The Labute approximate surface area is 155 Å². The SMILES string of the molecule is CCC(C)(C)[C@H]1CCc2c(sc(NC(=O)C3CCCCC3)c2C#N)C1. The molecule has 1 saturated carbocycles. The van der Waals surface area contributed by atoms with Crippen LogP contribution in [0.5, 0.6) is 0 Å². The number of fused-ring (bicyclic) bond motifs is 1. The highest BCUT2D eigenvalue weighted by Crippen LogP contribution is 2.45. The molecule has 2 aliphatic carbocycles. The molecule has 0 unspecified atom stereocenters. The van der Waals surface area contributed by atoms with Crippen molar-refractivity contribution in [3.05, 3.63) is 16.0 Å². The predicted octanol–water partition coefficient (Wildman–Crippen LogP) is 5.68. The summed E-state index contributed by atoms with van der Waals surface area (Å²) in [6.45, 7) is 6.97. The van der Waals surface area contributed by atoms with Crippen molar-refractivity contribution >= 4 is 22.2 Å². The topological polar surface area (TPSA) is 52.9 Å². The van der Waals surface area contributed by atoms with Crippen LogP contribution in [0.1, 0.15) is 81.7 Å². The fourth-order valence-corrected chi connectivity index (χ4v) is 5.61. The second-order valence-corrected chi connectivity index (χ2v) is 9.53. The number of rotatable bonds is 4. The van der Waals surface area contributed by atoms with Crippen LogP contribution in [0.25, 0.3) is 0 Å². The van der Waals surface area contributed by atoms with Crippen molar-refractivity contribution in [2.75, 3.05) is 5.32 Å². The van der Waals surface area contributed by atoms with Gasteiger partial charge >= 0.3 is 0 Å². The van der Waals surface area contributed by atoms with Gasteiger partial charge in [-0.1, -0.05) is 46.5 Å². The molecule has 0 spiro atoms. The number of carbonyl (C=O) groups is 1. The van der Waals surface area contributed by atoms with Gasteiger partial charge in [-0.2, -0.15) is 5.26 Å². The molecule has 2 aliphatic rings. The van der Waals surface area contributed by atoms with Crippen molar-refractivity contribution in [1.82, 2.24) is 0 Å². The molecule has 0 aliphatic heterocycles. The summed E-state index contributed by atoms with van der Waals surface area (Å²) in [5.74, 6) is 0.920. The molecule has 1 N–H and O–H groups in total. The van der Waals surface area contributed by atoms with Gasteiger partial charge in [-0.3, -0.25) is 4.79 Å². The Morgan fingerprint density at radius 2 is 2.00 bits per heavy atom. The van der Waals surface area contributed by atoms with Crippen molar-refractivity contribution in [1.29, 1.82) is 5.26 Å².